The molecule has 2 rings (SSSR count). The van der Waals surface area contributed by atoms with Crippen LogP contribution in [0.4, 0.5) is 5.82 Å². The van der Waals surface area contributed by atoms with Gasteiger partial charge in [-0.1, -0.05) is 57.1 Å². The summed E-state index contributed by atoms with van der Waals surface area (Å²) in [7, 11) is 0. The molecule has 1 aromatic carbocycles. The molecule has 0 saturated heterocycles. The molecule has 0 aliphatic heterocycles. The van der Waals surface area contributed by atoms with Crippen LogP contribution in [0.3, 0.4) is 0 Å². The Labute approximate surface area is 160 Å². The molecule has 0 aliphatic rings. The van der Waals surface area contributed by atoms with E-state index in [0.717, 1.165) is 5.56 Å². The van der Waals surface area contributed by atoms with Crippen molar-refractivity contribution in [2.24, 2.45) is 5.92 Å². The summed E-state index contributed by atoms with van der Waals surface area (Å²) in [5.74, 6) is 1.37. The van der Waals surface area contributed by atoms with Crippen molar-refractivity contribution in [2.75, 3.05) is 11.9 Å². The highest BCUT2D eigenvalue weighted by molar-refractivity contribution is 5.93. The van der Waals surface area contributed by atoms with Crippen LogP contribution in [0.15, 0.2) is 34.9 Å². The molecule has 2 amide bonds. The summed E-state index contributed by atoms with van der Waals surface area (Å²) >= 11 is 0. The van der Waals surface area contributed by atoms with Crippen LogP contribution in [0.2, 0.25) is 0 Å². The first-order chi connectivity index (χ1) is 12.8. The second kappa shape index (κ2) is 9.35. The molecule has 6 nitrogen and oxygen atoms in total. The standard InChI is InChI=1S/C21H29N3O3/c1-13(2)16-6-8-17(9-7-16)18(14(3)4)11-20(25)22-12-21(26)23-19-10-15(5)27-24-19/h6-10,13-14,18H,11-12H2,1-5H3,(H,22,25)(H,23,24,26). The molecule has 27 heavy (non-hydrogen) atoms. The number of rotatable bonds is 8. The van der Waals surface area contributed by atoms with Gasteiger partial charge in [-0.2, -0.15) is 0 Å². The van der Waals surface area contributed by atoms with E-state index in [-0.39, 0.29) is 24.3 Å². The summed E-state index contributed by atoms with van der Waals surface area (Å²) in [6.07, 6.45) is 0.342. The Morgan fingerprint density at radius 2 is 1.67 bits per heavy atom. The van der Waals surface area contributed by atoms with Gasteiger partial charge in [0.15, 0.2) is 5.82 Å². The van der Waals surface area contributed by atoms with Crippen LogP contribution in [0.1, 0.15) is 62.8 Å². The van der Waals surface area contributed by atoms with Crippen LogP contribution in [-0.2, 0) is 9.59 Å². The number of nitrogens with zero attached hydrogens (tertiary/aromatic N) is 1. The fraction of sp³-hybridized carbons (Fsp3) is 0.476. The third kappa shape index (κ3) is 6.24. The van der Waals surface area contributed by atoms with E-state index in [4.69, 9.17) is 4.52 Å². The number of amides is 2. The quantitative estimate of drug-likeness (QED) is 0.735. The number of aryl methyl sites for hydroxylation is 1. The Hall–Kier alpha value is -2.63. The van der Waals surface area contributed by atoms with Gasteiger partial charge in [-0.05, 0) is 35.8 Å². The second-order valence-corrected chi connectivity index (χ2v) is 7.52. The molecule has 0 spiro atoms. The van der Waals surface area contributed by atoms with Gasteiger partial charge in [-0.3, -0.25) is 9.59 Å². The number of carbonyl (C=O) groups excluding carboxylic acids is 2. The Morgan fingerprint density at radius 1 is 1.04 bits per heavy atom. The molecule has 1 unspecified atom stereocenters. The van der Waals surface area contributed by atoms with E-state index in [1.807, 2.05) is 0 Å². The number of hydrogen-bond acceptors (Lipinski definition) is 4. The Morgan fingerprint density at radius 3 is 2.19 bits per heavy atom. The third-order valence-corrected chi connectivity index (χ3v) is 4.58. The molecule has 6 heteroatoms. The highest BCUT2D eigenvalue weighted by Crippen LogP contribution is 2.29. The zero-order chi connectivity index (χ0) is 20.0. The maximum atomic E-state index is 12.3. The van der Waals surface area contributed by atoms with E-state index in [9.17, 15) is 9.59 Å². The van der Waals surface area contributed by atoms with Gasteiger partial charge in [0, 0.05) is 12.5 Å². The summed E-state index contributed by atoms with van der Waals surface area (Å²) in [6, 6.07) is 10.1. The Balaban J connectivity index is 1.89. The fourth-order valence-electron chi connectivity index (χ4n) is 2.93. The molecule has 146 valence electrons. The highest BCUT2D eigenvalue weighted by Gasteiger charge is 2.20. The van der Waals surface area contributed by atoms with Gasteiger partial charge in [0.1, 0.15) is 5.76 Å². The van der Waals surface area contributed by atoms with Gasteiger partial charge in [0.05, 0.1) is 6.54 Å². The van der Waals surface area contributed by atoms with Crippen molar-refractivity contribution in [2.45, 2.75) is 52.9 Å². The molecular formula is C21H29N3O3. The van der Waals surface area contributed by atoms with Gasteiger partial charge in [-0.25, -0.2) is 0 Å². The maximum Gasteiger partial charge on any atom is 0.245 e. The molecule has 2 aromatic rings. The van der Waals surface area contributed by atoms with Crippen molar-refractivity contribution in [3.8, 4) is 0 Å². The summed E-state index contributed by atoms with van der Waals surface area (Å²) in [5.41, 5.74) is 2.43. The largest absolute Gasteiger partial charge is 0.360 e. The summed E-state index contributed by atoms with van der Waals surface area (Å²) in [6.45, 7) is 10.2. The lowest BCUT2D eigenvalue weighted by Crippen LogP contribution is -2.34. The summed E-state index contributed by atoms with van der Waals surface area (Å²) < 4.78 is 4.89. The van der Waals surface area contributed by atoms with E-state index >= 15 is 0 Å². The van der Waals surface area contributed by atoms with Crippen LogP contribution >= 0.6 is 0 Å². The first-order valence-corrected chi connectivity index (χ1v) is 9.36. The molecule has 2 N–H and O–H groups in total. The molecule has 0 bridgehead atoms. The molecule has 1 atom stereocenters. The van der Waals surface area contributed by atoms with Crippen molar-refractivity contribution in [1.29, 1.82) is 0 Å². The number of carbonyl (C=O) groups is 2. The number of benzene rings is 1. The fourth-order valence-corrected chi connectivity index (χ4v) is 2.93. The molecule has 1 heterocycles. The van der Waals surface area contributed by atoms with Crippen LogP contribution in [0.25, 0.3) is 0 Å². The van der Waals surface area contributed by atoms with Gasteiger partial charge in [0.2, 0.25) is 11.8 Å². The smallest absolute Gasteiger partial charge is 0.245 e. The highest BCUT2D eigenvalue weighted by atomic mass is 16.5. The lowest BCUT2D eigenvalue weighted by Gasteiger charge is -2.21. The Kier molecular flexibility index (Phi) is 7.16. The summed E-state index contributed by atoms with van der Waals surface area (Å²) in [5, 5.41) is 8.96. The number of anilines is 1. The van der Waals surface area contributed by atoms with Crippen molar-refractivity contribution in [1.82, 2.24) is 10.5 Å². The number of aromatic nitrogens is 1. The normalized spacial score (nSPS) is 12.3. The minimum atomic E-state index is -0.334. The Bertz CT molecular complexity index is 763. The van der Waals surface area contributed by atoms with Gasteiger partial charge < -0.3 is 15.2 Å². The average molecular weight is 371 g/mol. The first-order valence-electron chi connectivity index (χ1n) is 9.36. The zero-order valence-electron chi connectivity index (χ0n) is 16.7. The van der Waals surface area contributed by atoms with E-state index < -0.39 is 0 Å². The van der Waals surface area contributed by atoms with Crippen LogP contribution < -0.4 is 10.6 Å². The number of hydrogen-bond donors (Lipinski definition) is 2. The van der Waals surface area contributed by atoms with Crippen LogP contribution in [0, 0.1) is 12.8 Å². The molecule has 1 aromatic heterocycles. The van der Waals surface area contributed by atoms with E-state index in [2.05, 4.69) is 67.8 Å². The molecule has 0 radical (unpaired) electrons. The lowest BCUT2D eigenvalue weighted by atomic mass is 9.84. The first kappa shape index (κ1) is 20.7. The molecular weight excluding hydrogens is 342 g/mol. The molecule has 0 fully saturated rings. The van der Waals surface area contributed by atoms with Crippen molar-refractivity contribution in [3.05, 3.63) is 47.2 Å². The van der Waals surface area contributed by atoms with E-state index in [1.165, 1.54) is 5.56 Å². The summed E-state index contributed by atoms with van der Waals surface area (Å²) in [4.78, 5) is 24.3. The maximum absolute atomic E-state index is 12.3. The van der Waals surface area contributed by atoms with Gasteiger partial charge >= 0.3 is 0 Å². The third-order valence-electron chi connectivity index (χ3n) is 4.58. The van der Waals surface area contributed by atoms with Crippen molar-refractivity contribution >= 4 is 17.6 Å². The predicted octanol–water partition coefficient (Wildman–Crippen LogP) is 3.99. The van der Waals surface area contributed by atoms with Gasteiger partial charge in [0.25, 0.3) is 0 Å². The zero-order valence-corrected chi connectivity index (χ0v) is 16.7. The SMILES string of the molecule is Cc1cc(NC(=O)CNC(=O)CC(c2ccc(C(C)C)cc2)C(C)C)no1. The number of nitrogens with one attached hydrogen (secondary N) is 2. The predicted molar refractivity (Wildman–Crippen MR) is 106 cm³/mol. The van der Waals surface area contributed by atoms with Crippen LogP contribution in [-0.4, -0.2) is 23.5 Å². The second-order valence-electron chi connectivity index (χ2n) is 7.52. The van der Waals surface area contributed by atoms with E-state index in [1.54, 1.807) is 13.0 Å². The van der Waals surface area contributed by atoms with Crippen molar-refractivity contribution in [3.63, 3.8) is 0 Å². The lowest BCUT2D eigenvalue weighted by molar-refractivity contribution is -0.124. The van der Waals surface area contributed by atoms with Crippen molar-refractivity contribution < 1.29 is 14.1 Å². The minimum Gasteiger partial charge on any atom is -0.360 e. The average Bonchev–Trinajstić information content (AvgIpc) is 3.02. The molecule has 0 aliphatic carbocycles. The van der Waals surface area contributed by atoms with Gasteiger partial charge in [-0.15, -0.1) is 0 Å². The monoisotopic (exact) mass is 371 g/mol. The van der Waals surface area contributed by atoms with Crippen LogP contribution in [0.5, 0.6) is 0 Å². The minimum absolute atomic E-state index is 0.0954. The molecule has 0 saturated carbocycles. The topological polar surface area (TPSA) is 84.2 Å². The van der Waals surface area contributed by atoms with E-state index in [0.29, 0.717) is 29.8 Å².